The SMILES string of the molecule is C/C=C(P)\C=C/C(C)N1C/C=C/C(CC)C(C2C=C(COCc3cc(F)cc(Cl)c3)ON2)/C=C/N=C\1CCCCC(=O)O. The van der Waals surface area contributed by atoms with Crippen LogP contribution in [0.3, 0.4) is 0 Å². The second-order valence-corrected chi connectivity index (χ2v) is 11.9. The molecule has 234 valence electrons. The van der Waals surface area contributed by atoms with Gasteiger partial charge in [0.1, 0.15) is 24.0 Å². The van der Waals surface area contributed by atoms with E-state index in [0.29, 0.717) is 35.7 Å². The first-order valence-electron chi connectivity index (χ1n) is 14.8. The molecule has 10 heteroatoms. The summed E-state index contributed by atoms with van der Waals surface area (Å²) in [5, 5.41) is 10.5. The van der Waals surface area contributed by atoms with E-state index in [2.05, 4.69) is 63.8 Å². The van der Waals surface area contributed by atoms with Gasteiger partial charge in [0.15, 0.2) is 0 Å². The zero-order valence-electron chi connectivity index (χ0n) is 25.2. The highest BCUT2D eigenvalue weighted by Gasteiger charge is 2.29. The van der Waals surface area contributed by atoms with Crippen molar-refractivity contribution in [2.45, 2.75) is 71.6 Å². The molecule has 2 aliphatic rings. The van der Waals surface area contributed by atoms with E-state index in [1.807, 2.05) is 25.3 Å². The lowest BCUT2D eigenvalue weighted by Crippen LogP contribution is -2.38. The van der Waals surface area contributed by atoms with Gasteiger partial charge in [-0.25, -0.2) is 9.38 Å². The van der Waals surface area contributed by atoms with E-state index in [1.54, 1.807) is 6.07 Å². The fraction of sp³-hybridized carbons (Fsp3) is 0.455. The lowest BCUT2D eigenvalue weighted by atomic mass is 9.83. The first-order valence-corrected chi connectivity index (χ1v) is 15.8. The van der Waals surface area contributed by atoms with Crippen molar-refractivity contribution in [3.8, 4) is 0 Å². The molecular weight excluding hydrogens is 588 g/mol. The average Bonchev–Trinajstić information content (AvgIpc) is 3.44. The van der Waals surface area contributed by atoms with Gasteiger partial charge in [0.05, 0.1) is 12.6 Å². The number of hydroxylamine groups is 1. The monoisotopic (exact) mass is 631 g/mol. The Morgan fingerprint density at radius 2 is 2.14 bits per heavy atom. The summed E-state index contributed by atoms with van der Waals surface area (Å²) >= 11 is 5.95. The molecule has 7 nitrogen and oxygen atoms in total. The molecule has 5 atom stereocenters. The van der Waals surface area contributed by atoms with E-state index in [1.165, 1.54) is 12.1 Å². The molecule has 0 amide bonds. The second-order valence-electron chi connectivity index (χ2n) is 10.8. The zero-order chi connectivity index (χ0) is 31.2. The van der Waals surface area contributed by atoms with Crippen molar-refractivity contribution in [1.82, 2.24) is 10.4 Å². The molecule has 2 heterocycles. The van der Waals surface area contributed by atoms with Gasteiger partial charge in [0, 0.05) is 42.6 Å². The van der Waals surface area contributed by atoms with Gasteiger partial charge in [-0.1, -0.05) is 55.0 Å². The summed E-state index contributed by atoms with van der Waals surface area (Å²) < 4.78 is 19.4. The number of hydrogen-bond donors (Lipinski definition) is 2. The molecule has 0 saturated carbocycles. The summed E-state index contributed by atoms with van der Waals surface area (Å²) in [4.78, 5) is 24.0. The molecule has 2 aliphatic heterocycles. The van der Waals surface area contributed by atoms with Crippen molar-refractivity contribution in [2.24, 2.45) is 16.8 Å². The summed E-state index contributed by atoms with van der Waals surface area (Å²) in [5.41, 5.74) is 3.80. The van der Waals surface area contributed by atoms with Gasteiger partial charge >= 0.3 is 5.97 Å². The summed E-state index contributed by atoms with van der Waals surface area (Å²) in [5.74, 6) is 0.746. The van der Waals surface area contributed by atoms with Crippen LogP contribution in [0.25, 0.3) is 0 Å². The molecule has 5 unspecified atom stereocenters. The number of hydrogen-bond acceptors (Lipinski definition) is 6. The highest BCUT2D eigenvalue weighted by molar-refractivity contribution is 7.22. The number of aliphatic imine (C=N–C) groups is 1. The van der Waals surface area contributed by atoms with Gasteiger partial charge < -0.3 is 19.6 Å². The molecule has 0 radical (unpaired) electrons. The minimum atomic E-state index is -0.779. The van der Waals surface area contributed by atoms with Crippen molar-refractivity contribution < 1.29 is 23.9 Å². The molecule has 0 saturated heterocycles. The van der Waals surface area contributed by atoms with Crippen LogP contribution in [0.4, 0.5) is 4.39 Å². The molecule has 0 bridgehead atoms. The fourth-order valence-electron chi connectivity index (χ4n) is 5.08. The first kappa shape index (κ1) is 34.7. The molecule has 3 rings (SSSR count). The maximum atomic E-state index is 13.6. The van der Waals surface area contributed by atoms with Crippen molar-refractivity contribution >= 4 is 32.6 Å². The Kier molecular flexibility index (Phi) is 14.6. The summed E-state index contributed by atoms with van der Waals surface area (Å²) in [7, 11) is 2.73. The Hall–Kier alpha value is -2.77. The average molecular weight is 632 g/mol. The lowest BCUT2D eigenvalue weighted by molar-refractivity contribution is -0.137. The fourth-order valence-corrected chi connectivity index (χ4v) is 5.44. The minimum absolute atomic E-state index is 0.0796. The van der Waals surface area contributed by atoms with Crippen molar-refractivity contribution in [3.63, 3.8) is 0 Å². The number of nitrogens with one attached hydrogen (secondary N) is 1. The van der Waals surface area contributed by atoms with E-state index in [-0.39, 0.29) is 43.6 Å². The van der Waals surface area contributed by atoms with Crippen LogP contribution in [0.15, 0.2) is 83.0 Å². The van der Waals surface area contributed by atoms with Crippen molar-refractivity contribution in [2.75, 3.05) is 13.2 Å². The first-order chi connectivity index (χ1) is 20.7. The number of carboxylic acids is 1. The Morgan fingerprint density at radius 3 is 2.86 bits per heavy atom. The van der Waals surface area contributed by atoms with Gasteiger partial charge in [0.2, 0.25) is 0 Å². The highest BCUT2D eigenvalue weighted by Crippen LogP contribution is 2.28. The Bertz CT molecular complexity index is 1240. The number of allylic oxidation sites excluding steroid dienone is 4. The van der Waals surface area contributed by atoms with E-state index in [4.69, 9.17) is 31.3 Å². The zero-order valence-corrected chi connectivity index (χ0v) is 27.1. The minimum Gasteiger partial charge on any atom is -0.481 e. The van der Waals surface area contributed by atoms with Crippen molar-refractivity contribution in [1.29, 1.82) is 0 Å². The normalized spacial score (nSPS) is 24.7. The van der Waals surface area contributed by atoms with Crippen LogP contribution in [0.2, 0.25) is 5.02 Å². The van der Waals surface area contributed by atoms with Crippen LogP contribution in [-0.2, 0) is 21.0 Å². The number of unbranched alkanes of at least 4 members (excludes halogenated alkanes) is 1. The van der Waals surface area contributed by atoms with Gasteiger partial charge in [-0.15, -0.1) is 14.7 Å². The van der Waals surface area contributed by atoms with E-state index < -0.39 is 11.8 Å². The second kappa shape index (κ2) is 18.1. The van der Waals surface area contributed by atoms with Crippen LogP contribution >= 0.6 is 20.8 Å². The van der Waals surface area contributed by atoms with Gasteiger partial charge in [-0.3, -0.25) is 4.79 Å². The van der Waals surface area contributed by atoms with Gasteiger partial charge in [0.25, 0.3) is 0 Å². The van der Waals surface area contributed by atoms with Gasteiger partial charge in [-0.05, 0) is 74.2 Å². The lowest BCUT2D eigenvalue weighted by Gasteiger charge is -2.31. The predicted octanol–water partition coefficient (Wildman–Crippen LogP) is 7.58. The number of benzene rings is 1. The standard InChI is InChI=1S/C33H44ClFN3O4P/c1-4-25-9-8-16-38(23(3)12-13-29(43)5-2)32(10-6-7-11-33(39)40)36-15-14-30(25)31-20-28(42-37-31)22-41-21-24-17-26(34)19-27(35)18-24/h5,8-9,12-15,17-20,23,25,30-31,37H,4,6-7,10-11,16,21-22,43H2,1-3H3,(H,39,40)/b9-8+,13-12-,15-14+,29-5+,36-32-. The summed E-state index contributed by atoms with van der Waals surface area (Å²) in [6.07, 6.45) is 19.9. The van der Waals surface area contributed by atoms with Gasteiger partial charge in [-0.2, -0.15) is 0 Å². The quantitative estimate of drug-likeness (QED) is 0.0953. The number of ether oxygens (including phenoxy) is 1. The number of carbonyl (C=O) groups is 1. The predicted molar refractivity (Wildman–Crippen MR) is 175 cm³/mol. The van der Waals surface area contributed by atoms with E-state index >= 15 is 0 Å². The molecule has 2 N–H and O–H groups in total. The number of amidine groups is 1. The summed E-state index contributed by atoms with van der Waals surface area (Å²) in [6.45, 7) is 7.48. The molecule has 0 fully saturated rings. The molecule has 43 heavy (non-hydrogen) atoms. The van der Waals surface area contributed by atoms with Crippen LogP contribution in [0, 0.1) is 17.7 Å². The number of halogens is 2. The number of rotatable bonds is 14. The third kappa shape index (κ3) is 11.7. The maximum Gasteiger partial charge on any atom is 0.303 e. The third-order valence-electron chi connectivity index (χ3n) is 7.49. The highest BCUT2D eigenvalue weighted by atomic mass is 35.5. The van der Waals surface area contributed by atoms with Crippen LogP contribution in [-0.4, -0.2) is 47.0 Å². The molecule has 1 aromatic rings. The maximum absolute atomic E-state index is 13.6. The number of nitrogens with zero attached hydrogens (tertiary/aromatic N) is 2. The Labute approximate surface area is 262 Å². The topological polar surface area (TPSA) is 83.4 Å². The number of aliphatic carboxylic acids is 1. The largest absolute Gasteiger partial charge is 0.481 e. The molecule has 0 aromatic heterocycles. The Morgan fingerprint density at radius 1 is 1.33 bits per heavy atom. The third-order valence-corrected chi connectivity index (χ3v) is 8.23. The molecule has 0 spiro atoms. The van der Waals surface area contributed by atoms with Crippen LogP contribution in [0.5, 0.6) is 0 Å². The number of carboxylic acid groups (broad SMARTS) is 1. The van der Waals surface area contributed by atoms with E-state index in [0.717, 1.165) is 24.0 Å². The van der Waals surface area contributed by atoms with Crippen molar-refractivity contribution in [3.05, 3.63) is 94.4 Å². The van der Waals surface area contributed by atoms with Crippen LogP contribution < -0.4 is 5.48 Å². The Balaban J connectivity index is 1.76. The van der Waals surface area contributed by atoms with E-state index in [9.17, 15) is 9.18 Å². The molecule has 0 aliphatic carbocycles. The summed E-state index contributed by atoms with van der Waals surface area (Å²) in [6, 6.07) is 4.36. The molecule has 1 aromatic carbocycles. The van der Waals surface area contributed by atoms with Crippen LogP contribution in [0.1, 0.15) is 58.4 Å². The molecular formula is C33H44ClFN3O4P. The smallest absolute Gasteiger partial charge is 0.303 e.